The molecule has 0 fully saturated rings. The van der Waals surface area contributed by atoms with E-state index in [1.54, 1.807) is 0 Å². The number of furan rings is 1. The van der Waals surface area contributed by atoms with Gasteiger partial charge in [-0.25, -0.2) is 0 Å². The minimum Gasteiger partial charge on any atom is -0.456 e. The maximum absolute atomic E-state index is 6.86. The smallest absolute Gasteiger partial charge is 0.137 e. The van der Waals surface area contributed by atoms with Crippen LogP contribution in [0, 0.1) is 0 Å². The largest absolute Gasteiger partial charge is 0.456 e. The first-order chi connectivity index (χ1) is 36.7. The van der Waals surface area contributed by atoms with Crippen molar-refractivity contribution in [2.75, 3.05) is 4.90 Å². The molecule has 4 heteroatoms. The van der Waals surface area contributed by atoms with Crippen LogP contribution in [-0.4, -0.2) is 9.13 Å². The summed E-state index contributed by atoms with van der Waals surface area (Å²) in [7, 11) is 0. The summed E-state index contributed by atoms with van der Waals surface area (Å²) in [5, 5.41) is 9.52. The molecule has 0 saturated heterocycles. The van der Waals surface area contributed by atoms with E-state index in [1.807, 2.05) is 0 Å². The zero-order chi connectivity index (χ0) is 48.7. The number of hydrogen-bond acceptors (Lipinski definition) is 2. The van der Waals surface area contributed by atoms with Gasteiger partial charge in [0.15, 0.2) is 0 Å². The summed E-state index contributed by atoms with van der Waals surface area (Å²) in [5.74, 6) is 0. The molecule has 0 aliphatic rings. The van der Waals surface area contributed by atoms with E-state index in [2.05, 4.69) is 287 Å². The Hall–Kier alpha value is -9.90. The SMILES string of the molecule is c1ccc(N(c2ccccc2)c2ccc3c(c2)oc2cc(-c4cc(-c5ccc6c(c5)c5ccccc5n6-c5ccccc5)cc(-c5ccc6c(c5)c5ccccc5n6-c5cccc6ccccc56)c4)ccc23)cc1. The van der Waals surface area contributed by atoms with Crippen molar-refractivity contribution in [3.63, 3.8) is 0 Å². The standard InChI is InChI=1S/C70H45N3O/c1-4-19-53(20-5-1)71(54-21-6-2-7-22-54)56-34-36-61-60-35-31-49(44-69(60)74-70(61)45-56)52-40-50(47-32-37-67-62(42-47)58-26-12-14-28-65(58)72(67)55-23-8-3-9-24-55)39-51(41-52)48-33-38-68-63(43-48)59-27-13-15-29-66(59)73(68)64-30-16-18-46-17-10-11-25-57(46)64/h1-45H. The Kier molecular flexibility index (Phi) is 9.54. The molecule has 0 N–H and O–H groups in total. The number of anilines is 3. The minimum absolute atomic E-state index is 0.847. The van der Waals surface area contributed by atoms with E-state index in [9.17, 15) is 0 Å². The summed E-state index contributed by atoms with van der Waals surface area (Å²) in [4.78, 5) is 2.28. The second-order valence-corrected chi connectivity index (χ2v) is 19.3. The lowest BCUT2D eigenvalue weighted by Gasteiger charge is -2.25. The summed E-state index contributed by atoms with van der Waals surface area (Å²) >= 11 is 0. The van der Waals surface area contributed by atoms with Crippen LogP contribution in [0.3, 0.4) is 0 Å². The van der Waals surface area contributed by atoms with Crippen molar-refractivity contribution in [3.05, 3.63) is 273 Å². The molecule has 0 atom stereocenters. The van der Waals surface area contributed by atoms with E-state index in [1.165, 1.54) is 60.1 Å². The van der Waals surface area contributed by atoms with Gasteiger partial charge in [-0.3, -0.25) is 0 Å². The van der Waals surface area contributed by atoms with Crippen LogP contribution >= 0.6 is 0 Å². The molecule has 0 aliphatic heterocycles. The van der Waals surface area contributed by atoms with Gasteiger partial charge in [-0.15, -0.1) is 0 Å². The molecule has 0 radical (unpaired) electrons. The number of hydrogen-bond donors (Lipinski definition) is 0. The van der Waals surface area contributed by atoms with E-state index in [0.717, 1.165) is 78.1 Å². The average Bonchev–Trinajstić information content (AvgIpc) is 4.13. The minimum atomic E-state index is 0.847. The van der Waals surface area contributed by atoms with Gasteiger partial charge < -0.3 is 18.5 Å². The fourth-order valence-corrected chi connectivity index (χ4v) is 11.6. The highest BCUT2D eigenvalue weighted by Gasteiger charge is 2.20. The Balaban J connectivity index is 0.909. The summed E-state index contributed by atoms with van der Waals surface area (Å²) in [5.41, 5.74) is 18.8. The van der Waals surface area contributed by atoms with Gasteiger partial charge in [-0.05, 0) is 160 Å². The van der Waals surface area contributed by atoms with Crippen molar-refractivity contribution in [2.24, 2.45) is 0 Å². The first kappa shape index (κ1) is 41.8. The Morgan fingerprint density at radius 1 is 0.257 bits per heavy atom. The average molecular weight is 944 g/mol. The lowest BCUT2D eigenvalue weighted by molar-refractivity contribution is 0.669. The molecule has 346 valence electrons. The lowest BCUT2D eigenvalue weighted by Crippen LogP contribution is -2.09. The van der Waals surface area contributed by atoms with E-state index in [4.69, 9.17) is 4.42 Å². The maximum Gasteiger partial charge on any atom is 0.137 e. The van der Waals surface area contributed by atoms with Gasteiger partial charge >= 0.3 is 0 Å². The molecule has 3 aromatic heterocycles. The zero-order valence-corrected chi connectivity index (χ0v) is 40.2. The number of aromatic nitrogens is 2. The van der Waals surface area contributed by atoms with Crippen LogP contribution in [0.15, 0.2) is 277 Å². The van der Waals surface area contributed by atoms with Crippen molar-refractivity contribution >= 4 is 93.4 Å². The Bertz CT molecular complexity index is 4610. The molecule has 0 unspecified atom stereocenters. The number of rotatable bonds is 8. The highest BCUT2D eigenvalue weighted by Crippen LogP contribution is 2.43. The molecule has 3 heterocycles. The third-order valence-electron chi connectivity index (χ3n) is 15.0. The molecule has 0 aliphatic carbocycles. The van der Waals surface area contributed by atoms with Crippen LogP contribution in [0.2, 0.25) is 0 Å². The molecular weight excluding hydrogens is 899 g/mol. The number of fused-ring (bicyclic) bond motifs is 10. The van der Waals surface area contributed by atoms with Crippen LogP contribution in [0.25, 0.3) is 121 Å². The van der Waals surface area contributed by atoms with E-state index in [-0.39, 0.29) is 0 Å². The number of nitrogens with zero attached hydrogens (tertiary/aromatic N) is 3. The van der Waals surface area contributed by atoms with E-state index < -0.39 is 0 Å². The van der Waals surface area contributed by atoms with E-state index in [0.29, 0.717) is 0 Å². The van der Waals surface area contributed by atoms with Crippen LogP contribution in [0.1, 0.15) is 0 Å². The molecule has 15 aromatic rings. The zero-order valence-electron chi connectivity index (χ0n) is 40.2. The summed E-state index contributed by atoms with van der Waals surface area (Å²) < 4.78 is 11.7. The molecule has 0 spiro atoms. The molecule has 15 rings (SSSR count). The Labute approximate surface area is 427 Å². The van der Waals surface area contributed by atoms with Gasteiger partial charge in [0.05, 0.1) is 27.8 Å². The molecule has 0 bridgehead atoms. The summed E-state index contributed by atoms with van der Waals surface area (Å²) in [6.45, 7) is 0. The van der Waals surface area contributed by atoms with E-state index >= 15 is 0 Å². The summed E-state index contributed by atoms with van der Waals surface area (Å²) in [6, 6.07) is 98.9. The fraction of sp³-hybridized carbons (Fsp3) is 0. The van der Waals surface area contributed by atoms with Crippen molar-refractivity contribution < 1.29 is 4.42 Å². The molecule has 4 nitrogen and oxygen atoms in total. The molecule has 12 aromatic carbocycles. The van der Waals surface area contributed by atoms with Crippen molar-refractivity contribution in [2.45, 2.75) is 0 Å². The van der Waals surface area contributed by atoms with Gasteiger partial charge in [0, 0.05) is 66.5 Å². The van der Waals surface area contributed by atoms with Gasteiger partial charge in [0.2, 0.25) is 0 Å². The number of para-hydroxylation sites is 5. The van der Waals surface area contributed by atoms with Gasteiger partial charge in [-0.1, -0.05) is 146 Å². The molecule has 0 amide bonds. The summed E-state index contributed by atoms with van der Waals surface area (Å²) in [6.07, 6.45) is 0. The molecular formula is C70H45N3O. The van der Waals surface area contributed by atoms with Crippen LogP contribution in [-0.2, 0) is 0 Å². The quantitative estimate of drug-likeness (QED) is 0.152. The number of benzene rings is 12. The first-order valence-corrected chi connectivity index (χ1v) is 25.3. The third-order valence-corrected chi connectivity index (χ3v) is 15.0. The predicted octanol–water partition coefficient (Wildman–Crippen LogP) is 19.4. The highest BCUT2D eigenvalue weighted by molar-refractivity contribution is 6.13. The second kappa shape index (κ2) is 16.9. The fourth-order valence-electron chi connectivity index (χ4n) is 11.6. The van der Waals surface area contributed by atoms with Crippen molar-refractivity contribution in [1.29, 1.82) is 0 Å². The van der Waals surface area contributed by atoms with Gasteiger partial charge in [-0.2, -0.15) is 0 Å². The maximum atomic E-state index is 6.86. The molecule has 0 saturated carbocycles. The Morgan fingerprint density at radius 2 is 0.716 bits per heavy atom. The van der Waals surface area contributed by atoms with Crippen molar-refractivity contribution in [3.8, 4) is 44.8 Å². The van der Waals surface area contributed by atoms with Gasteiger partial charge in [0.1, 0.15) is 11.2 Å². The normalized spacial score (nSPS) is 11.8. The monoisotopic (exact) mass is 943 g/mol. The van der Waals surface area contributed by atoms with Crippen LogP contribution in [0.4, 0.5) is 17.1 Å². The first-order valence-electron chi connectivity index (χ1n) is 25.3. The second-order valence-electron chi connectivity index (χ2n) is 19.3. The topological polar surface area (TPSA) is 26.2 Å². The molecule has 74 heavy (non-hydrogen) atoms. The third kappa shape index (κ3) is 6.77. The Morgan fingerprint density at radius 3 is 1.35 bits per heavy atom. The lowest BCUT2D eigenvalue weighted by atomic mass is 9.92. The van der Waals surface area contributed by atoms with Crippen LogP contribution in [0.5, 0.6) is 0 Å². The predicted molar refractivity (Wildman–Crippen MR) is 311 cm³/mol. The van der Waals surface area contributed by atoms with Crippen LogP contribution < -0.4 is 4.90 Å². The van der Waals surface area contributed by atoms with Gasteiger partial charge in [0.25, 0.3) is 0 Å². The van der Waals surface area contributed by atoms with Crippen molar-refractivity contribution in [1.82, 2.24) is 9.13 Å². The highest BCUT2D eigenvalue weighted by atomic mass is 16.3.